The van der Waals surface area contributed by atoms with Crippen LogP contribution in [0.4, 0.5) is 5.69 Å². The highest BCUT2D eigenvalue weighted by Crippen LogP contribution is 2.22. The van der Waals surface area contributed by atoms with Crippen LogP contribution in [-0.4, -0.2) is 35.9 Å². The fourth-order valence-electron chi connectivity index (χ4n) is 2.04. The minimum absolute atomic E-state index is 0.145. The minimum Gasteiger partial charge on any atom is -0.491 e. The lowest BCUT2D eigenvalue weighted by atomic mass is 10.2. The van der Waals surface area contributed by atoms with E-state index < -0.39 is 6.04 Å². The van der Waals surface area contributed by atoms with Crippen LogP contribution in [0.2, 0.25) is 0 Å². The number of carbonyl (C=O) groups excluding carboxylic acids is 2. The van der Waals surface area contributed by atoms with E-state index in [2.05, 4.69) is 12.2 Å². The third kappa shape index (κ3) is 3.10. The fourth-order valence-corrected chi connectivity index (χ4v) is 2.04. The first-order chi connectivity index (χ1) is 9.51. The van der Waals surface area contributed by atoms with Crippen LogP contribution in [0.5, 0.6) is 5.75 Å². The lowest BCUT2D eigenvalue weighted by molar-refractivity contribution is -0.136. The lowest BCUT2D eigenvalue weighted by Gasteiger charge is -2.16. The molecule has 1 N–H and O–H groups in total. The predicted octanol–water partition coefficient (Wildman–Crippen LogP) is 2.03. The van der Waals surface area contributed by atoms with Crippen LogP contribution >= 0.6 is 0 Å². The molecular formula is C15H20N2O3. The summed E-state index contributed by atoms with van der Waals surface area (Å²) in [6.07, 6.45) is 1.27. The smallest absolute Gasteiger partial charge is 0.251 e. The number of hydrogen-bond acceptors (Lipinski definition) is 4. The van der Waals surface area contributed by atoms with E-state index >= 15 is 0 Å². The van der Waals surface area contributed by atoms with E-state index in [4.69, 9.17) is 4.74 Å². The monoisotopic (exact) mass is 276 g/mol. The van der Waals surface area contributed by atoms with E-state index in [1.165, 1.54) is 7.05 Å². The molecule has 2 amide bonds. The van der Waals surface area contributed by atoms with Crippen LogP contribution in [0.3, 0.4) is 0 Å². The molecule has 0 radical (unpaired) electrons. The Hall–Kier alpha value is -2.04. The highest BCUT2D eigenvalue weighted by atomic mass is 16.5. The molecule has 108 valence electrons. The molecular weight excluding hydrogens is 256 g/mol. The highest BCUT2D eigenvalue weighted by molar-refractivity contribution is 6.06. The van der Waals surface area contributed by atoms with Crippen molar-refractivity contribution in [2.45, 2.75) is 38.8 Å². The number of imide groups is 1. The molecule has 2 atom stereocenters. The molecule has 1 aromatic rings. The topological polar surface area (TPSA) is 58.6 Å². The summed E-state index contributed by atoms with van der Waals surface area (Å²) < 4.78 is 5.74. The molecule has 1 saturated heterocycles. The minimum atomic E-state index is -0.480. The van der Waals surface area contributed by atoms with E-state index in [0.717, 1.165) is 22.8 Å². The first-order valence-electron chi connectivity index (χ1n) is 6.85. The molecule has 1 fully saturated rings. The maximum absolute atomic E-state index is 11.8. The largest absolute Gasteiger partial charge is 0.491 e. The SMILES string of the molecule is CCC(C)Oc1cccc(NC2CC(=O)N(C)C2=O)c1. The van der Waals surface area contributed by atoms with Gasteiger partial charge >= 0.3 is 0 Å². The predicted molar refractivity (Wildman–Crippen MR) is 76.6 cm³/mol. The first-order valence-corrected chi connectivity index (χ1v) is 6.85. The molecule has 0 bridgehead atoms. The third-order valence-corrected chi connectivity index (χ3v) is 3.47. The molecule has 0 aromatic heterocycles. The number of nitrogens with one attached hydrogen (secondary N) is 1. The number of rotatable bonds is 5. The molecule has 1 aliphatic heterocycles. The second-order valence-corrected chi connectivity index (χ2v) is 5.06. The summed E-state index contributed by atoms with van der Waals surface area (Å²) in [6, 6.07) is 6.98. The molecule has 1 aromatic carbocycles. The van der Waals surface area contributed by atoms with Gasteiger partial charge in [0.25, 0.3) is 5.91 Å². The number of amides is 2. The summed E-state index contributed by atoms with van der Waals surface area (Å²) in [5, 5.41) is 3.09. The lowest BCUT2D eigenvalue weighted by Crippen LogP contribution is -2.31. The number of nitrogens with zero attached hydrogens (tertiary/aromatic N) is 1. The second kappa shape index (κ2) is 5.94. The number of carbonyl (C=O) groups is 2. The normalized spacial score (nSPS) is 20.1. The quantitative estimate of drug-likeness (QED) is 0.836. The molecule has 0 saturated carbocycles. The Kier molecular flexibility index (Phi) is 4.27. The number of anilines is 1. The Morgan fingerprint density at radius 3 is 2.80 bits per heavy atom. The van der Waals surface area contributed by atoms with Gasteiger partial charge in [-0.3, -0.25) is 14.5 Å². The average molecular weight is 276 g/mol. The van der Waals surface area contributed by atoms with Crippen LogP contribution in [0.1, 0.15) is 26.7 Å². The Balaban J connectivity index is 2.05. The van der Waals surface area contributed by atoms with Gasteiger partial charge in [-0.05, 0) is 25.5 Å². The summed E-state index contributed by atoms with van der Waals surface area (Å²) in [4.78, 5) is 24.5. The average Bonchev–Trinajstić information content (AvgIpc) is 2.66. The maximum Gasteiger partial charge on any atom is 0.251 e. The summed E-state index contributed by atoms with van der Waals surface area (Å²) >= 11 is 0. The molecule has 0 aliphatic carbocycles. The van der Waals surface area contributed by atoms with Gasteiger partial charge in [0.1, 0.15) is 11.8 Å². The molecule has 5 nitrogen and oxygen atoms in total. The van der Waals surface area contributed by atoms with Crippen molar-refractivity contribution in [3.63, 3.8) is 0 Å². The van der Waals surface area contributed by atoms with E-state index in [1.807, 2.05) is 31.2 Å². The molecule has 2 rings (SSSR count). The highest BCUT2D eigenvalue weighted by Gasteiger charge is 2.35. The van der Waals surface area contributed by atoms with Crippen molar-refractivity contribution in [1.29, 1.82) is 0 Å². The Morgan fingerprint density at radius 2 is 2.20 bits per heavy atom. The summed E-state index contributed by atoms with van der Waals surface area (Å²) in [5.41, 5.74) is 0.784. The van der Waals surface area contributed by atoms with Crippen molar-refractivity contribution in [3.8, 4) is 5.75 Å². The van der Waals surface area contributed by atoms with Crippen molar-refractivity contribution in [1.82, 2.24) is 4.90 Å². The van der Waals surface area contributed by atoms with Crippen LogP contribution in [0, 0.1) is 0 Å². The number of ether oxygens (including phenoxy) is 1. The first kappa shape index (κ1) is 14.4. The maximum atomic E-state index is 11.8. The zero-order valence-corrected chi connectivity index (χ0v) is 12.1. The molecule has 0 spiro atoms. The van der Waals surface area contributed by atoms with Crippen molar-refractivity contribution in [2.75, 3.05) is 12.4 Å². The Labute approximate surface area is 118 Å². The van der Waals surface area contributed by atoms with Gasteiger partial charge in [-0.2, -0.15) is 0 Å². The van der Waals surface area contributed by atoms with Gasteiger partial charge in [0.2, 0.25) is 5.91 Å². The van der Waals surface area contributed by atoms with Gasteiger partial charge in [-0.15, -0.1) is 0 Å². The van der Waals surface area contributed by atoms with Crippen LogP contribution in [-0.2, 0) is 9.59 Å². The standard InChI is InChI=1S/C15H20N2O3/c1-4-10(2)20-12-7-5-6-11(8-12)16-13-9-14(18)17(3)15(13)19/h5-8,10,13,16H,4,9H2,1-3H3. The Bertz CT molecular complexity index is 516. The molecule has 20 heavy (non-hydrogen) atoms. The summed E-state index contributed by atoms with van der Waals surface area (Å²) in [7, 11) is 1.51. The summed E-state index contributed by atoms with van der Waals surface area (Å²) in [5.74, 6) is 0.414. The van der Waals surface area contributed by atoms with Gasteiger partial charge in [-0.1, -0.05) is 13.0 Å². The van der Waals surface area contributed by atoms with Crippen molar-refractivity contribution in [2.24, 2.45) is 0 Å². The number of benzene rings is 1. The second-order valence-electron chi connectivity index (χ2n) is 5.06. The molecule has 5 heteroatoms. The van der Waals surface area contributed by atoms with Gasteiger partial charge < -0.3 is 10.1 Å². The van der Waals surface area contributed by atoms with Gasteiger partial charge in [0.05, 0.1) is 12.5 Å². The van der Waals surface area contributed by atoms with Gasteiger partial charge in [-0.25, -0.2) is 0 Å². The van der Waals surface area contributed by atoms with Crippen LogP contribution in [0.25, 0.3) is 0 Å². The number of hydrogen-bond donors (Lipinski definition) is 1. The zero-order valence-electron chi connectivity index (χ0n) is 12.1. The third-order valence-electron chi connectivity index (χ3n) is 3.47. The van der Waals surface area contributed by atoms with Crippen LogP contribution in [0.15, 0.2) is 24.3 Å². The molecule has 2 unspecified atom stereocenters. The molecule has 1 aliphatic rings. The number of likely N-dealkylation sites (tertiary alicyclic amines) is 1. The van der Waals surface area contributed by atoms with E-state index in [0.29, 0.717) is 0 Å². The number of likely N-dealkylation sites (N-methyl/N-ethyl adjacent to an activating group) is 1. The summed E-state index contributed by atoms with van der Waals surface area (Å²) in [6.45, 7) is 4.07. The van der Waals surface area contributed by atoms with Gasteiger partial charge in [0, 0.05) is 18.8 Å². The van der Waals surface area contributed by atoms with E-state index in [-0.39, 0.29) is 24.3 Å². The van der Waals surface area contributed by atoms with Crippen molar-refractivity contribution in [3.05, 3.63) is 24.3 Å². The fraction of sp³-hybridized carbons (Fsp3) is 0.467. The van der Waals surface area contributed by atoms with Crippen molar-refractivity contribution < 1.29 is 14.3 Å². The zero-order chi connectivity index (χ0) is 14.7. The van der Waals surface area contributed by atoms with Gasteiger partial charge in [0.15, 0.2) is 0 Å². The molecule has 1 heterocycles. The van der Waals surface area contributed by atoms with Crippen LogP contribution < -0.4 is 10.1 Å². The van der Waals surface area contributed by atoms with E-state index in [1.54, 1.807) is 0 Å². The Morgan fingerprint density at radius 1 is 1.45 bits per heavy atom. The van der Waals surface area contributed by atoms with E-state index in [9.17, 15) is 9.59 Å². The van der Waals surface area contributed by atoms with Crippen molar-refractivity contribution >= 4 is 17.5 Å².